The van der Waals surface area contributed by atoms with E-state index in [2.05, 4.69) is 169 Å². The number of allylic oxidation sites excluding steroid dienone is 1. The van der Waals surface area contributed by atoms with Crippen molar-refractivity contribution in [3.63, 3.8) is 0 Å². The van der Waals surface area contributed by atoms with Crippen LogP contribution in [0.4, 0.5) is 17.1 Å². The summed E-state index contributed by atoms with van der Waals surface area (Å²) in [7, 11) is 0. The summed E-state index contributed by atoms with van der Waals surface area (Å²) in [4.78, 5) is 2.35. The Morgan fingerprint density at radius 1 is 0.414 bits per heavy atom. The molecule has 2 heterocycles. The van der Waals surface area contributed by atoms with Gasteiger partial charge >= 0.3 is 0 Å². The number of para-hydroxylation sites is 1. The van der Waals surface area contributed by atoms with E-state index in [0.717, 1.165) is 77.8 Å². The number of anilines is 3. The van der Waals surface area contributed by atoms with Gasteiger partial charge in [0.2, 0.25) is 0 Å². The second-order valence-corrected chi connectivity index (χ2v) is 14.8. The molecule has 0 radical (unpaired) electrons. The fourth-order valence-corrected chi connectivity index (χ4v) is 8.73. The summed E-state index contributed by atoms with van der Waals surface area (Å²) in [5, 5.41) is 10.7. The van der Waals surface area contributed by atoms with E-state index in [1.54, 1.807) is 0 Å². The molecule has 2 aromatic heterocycles. The van der Waals surface area contributed by atoms with Crippen LogP contribution in [0.25, 0.3) is 93.6 Å². The minimum Gasteiger partial charge on any atom is -0.456 e. The third-order valence-electron chi connectivity index (χ3n) is 11.5. The van der Waals surface area contributed by atoms with Crippen molar-refractivity contribution >= 4 is 88.4 Å². The van der Waals surface area contributed by atoms with Crippen LogP contribution in [0.2, 0.25) is 0 Å². The predicted octanol–water partition coefficient (Wildman–Crippen LogP) is 15.6. The van der Waals surface area contributed by atoms with Gasteiger partial charge in [0.05, 0.1) is 0 Å². The van der Waals surface area contributed by atoms with Crippen molar-refractivity contribution in [1.82, 2.24) is 0 Å². The molecule has 58 heavy (non-hydrogen) atoms. The summed E-state index contributed by atoms with van der Waals surface area (Å²) in [5.74, 6) is 3.26. The van der Waals surface area contributed by atoms with Crippen LogP contribution in [0.15, 0.2) is 191 Å². The smallest absolute Gasteiger partial charge is 0.185 e. The van der Waals surface area contributed by atoms with Gasteiger partial charge in [0.1, 0.15) is 16.7 Å². The van der Waals surface area contributed by atoms with Gasteiger partial charge in [-0.2, -0.15) is 0 Å². The van der Waals surface area contributed by atoms with E-state index in [4.69, 9.17) is 15.3 Å². The lowest BCUT2D eigenvalue weighted by Gasteiger charge is -2.26. The van der Waals surface area contributed by atoms with E-state index in [1.807, 2.05) is 37.3 Å². The Kier molecular flexibility index (Phi) is 7.77. The van der Waals surface area contributed by atoms with Gasteiger partial charge in [-0.15, -0.1) is 6.42 Å². The van der Waals surface area contributed by atoms with Crippen molar-refractivity contribution < 1.29 is 8.83 Å². The molecule has 0 aliphatic carbocycles. The van der Waals surface area contributed by atoms with Crippen LogP contribution in [0, 0.1) is 12.3 Å². The van der Waals surface area contributed by atoms with E-state index < -0.39 is 0 Å². The first-order chi connectivity index (χ1) is 28.6. The van der Waals surface area contributed by atoms with Gasteiger partial charge in [0, 0.05) is 38.8 Å². The number of rotatable bonds is 6. The average Bonchev–Trinajstić information content (AvgIpc) is 3.84. The maximum absolute atomic E-state index is 6.13. The lowest BCUT2D eigenvalue weighted by Crippen LogP contribution is -2.10. The molecule has 0 unspecified atom stereocenters. The van der Waals surface area contributed by atoms with E-state index in [1.165, 1.54) is 32.3 Å². The number of hydrogen-bond acceptors (Lipinski definition) is 3. The van der Waals surface area contributed by atoms with Gasteiger partial charge in [0.15, 0.2) is 5.76 Å². The Bertz CT molecular complexity index is 3430. The van der Waals surface area contributed by atoms with Crippen LogP contribution in [0.5, 0.6) is 0 Å². The predicted molar refractivity (Wildman–Crippen MR) is 244 cm³/mol. The van der Waals surface area contributed by atoms with Crippen LogP contribution in [0.3, 0.4) is 0 Å². The first kappa shape index (κ1) is 33.5. The summed E-state index contributed by atoms with van der Waals surface area (Å²) < 4.78 is 12.1. The van der Waals surface area contributed by atoms with E-state index in [-0.39, 0.29) is 0 Å². The first-order valence-corrected chi connectivity index (χ1v) is 19.6. The van der Waals surface area contributed by atoms with Gasteiger partial charge in [0.25, 0.3) is 0 Å². The normalized spacial score (nSPS) is 11.8. The molecule has 3 heteroatoms. The second-order valence-electron chi connectivity index (χ2n) is 14.8. The Labute approximate surface area is 335 Å². The van der Waals surface area contributed by atoms with Crippen molar-refractivity contribution in [2.45, 2.75) is 6.92 Å². The Hall–Kier alpha value is -7.80. The third kappa shape index (κ3) is 5.39. The van der Waals surface area contributed by atoms with E-state index >= 15 is 0 Å². The van der Waals surface area contributed by atoms with Gasteiger partial charge < -0.3 is 13.7 Å². The molecule has 0 amide bonds. The topological polar surface area (TPSA) is 29.5 Å². The standard InChI is InChI=1S/C55H35NO2/c1-3-11-47-50-32-37(22-30-54(50)57-52(47)4-2)35-18-24-39(25-19-35)56(41-28-29-46-44-14-6-5-12-42(44)43-13-7-8-15-45(43)49(46)34-41)40-26-20-36(21-27-40)38-23-31-55-51(33-38)48-16-9-10-17-53(48)58-55/h2-3,5-34H,1H3/b11-3-. The minimum atomic E-state index is 0.550. The number of furan rings is 2. The molecule has 0 N–H and O–H groups in total. The van der Waals surface area contributed by atoms with Crippen molar-refractivity contribution in [2.75, 3.05) is 4.90 Å². The fraction of sp³-hybridized carbons (Fsp3) is 0.0182. The van der Waals surface area contributed by atoms with Gasteiger partial charge in [-0.25, -0.2) is 0 Å². The molecule has 0 aliphatic heterocycles. The lowest BCUT2D eigenvalue weighted by molar-refractivity contribution is 0.600. The molecule has 0 bridgehead atoms. The van der Waals surface area contributed by atoms with Crippen molar-refractivity contribution in [3.05, 3.63) is 193 Å². The third-order valence-corrected chi connectivity index (χ3v) is 11.5. The van der Waals surface area contributed by atoms with Crippen LogP contribution in [-0.2, 0) is 0 Å². The zero-order valence-corrected chi connectivity index (χ0v) is 31.7. The highest BCUT2D eigenvalue weighted by molar-refractivity contribution is 6.25. The Balaban J connectivity index is 1.04. The maximum Gasteiger partial charge on any atom is 0.185 e. The Morgan fingerprint density at radius 3 is 1.47 bits per heavy atom. The molecular formula is C55H35NO2. The molecule has 11 rings (SSSR count). The van der Waals surface area contributed by atoms with Gasteiger partial charge in [-0.05, 0) is 134 Å². The van der Waals surface area contributed by atoms with E-state index in [0.29, 0.717) is 5.76 Å². The largest absolute Gasteiger partial charge is 0.456 e. The van der Waals surface area contributed by atoms with Crippen molar-refractivity contribution in [2.24, 2.45) is 0 Å². The highest BCUT2D eigenvalue weighted by atomic mass is 16.3. The highest BCUT2D eigenvalue weighted by Gasteiger charge is 2.18. The van der Waals surface area contributed by atoms with Crippen LogP contribution in [-0.4, -0.2) is 0 Å². The SMILES string of the molecule is C#Cc1oc2ccc(-c3ccc(N(c4ccc(-c5ccc6oc7ccccc7c6c5)cc4)c4ccc5c6ccccc6c6ccccc6c5c4)cc3)cc2c1/C=C\C. The summed E-state index contributed by atoms with van der Waals surface area (Å²) in [6.07, 6.45) is 9.81. The zero-order chi connectivity index (χ0) is 38.7. The Morgan fingerprint density at radius 2 is 0.879 bits per heavy atom. The first-order valence-electron chi connectivity index (χ1n) is 19.6. The summed E-state index contributed by atoms with van der Waals surface area (Å²) >= 11 is 0. The number of nitrogens with zero attached hydrogens (tertiary/aromatic N) is 1. The van der Waals surface area contributed by atoms with Crippen LogP contribution in [0.1, 0.15) is 18.2 Å². The fourth-order valence-electron chi connectivity index (χ4n) is 8.73. The van der Waals surface area contributed by atoms with Crippen LogP contribution >= 0.6 is 0 Å². The number of hydrogen-bond donors (Lipinski definition) is 0. The molecule has 3 nitrogen and oxygen atoms in total. The van der Waals surface area contributed by atoms with Crippen molar-refractivity contribution in [3.8, 4) is 34.6 Å². The molecule has 0 saturated heterocycles. The average molecular weight is 742 g/mol. The molecular weight excluding hydrogens is 707 g/mol. The van der Waals surface area contributed by atoms with Crippen LogP contribution < -0.4 is 4.90 Å². The zero-order valence-electron chi connectivity index (χ0n) is 31.7. The summed E-state index contributed by atoms with van der Waals surface area (Å²) in [6, 6.07) is 63.0. The molecule has 11 aromatic rings. The number of terminal acetylenes is 1. The second kappa shape index (κ2) is 13.4. The molecule has 0 saturated carbocycles. The van der Waals surface area contributed by atoms with Gasteiger partial charge in [-0.3, -0.25) is 0 Å². The molecule has 272 valence electrons. The molecule has 0 fully saturated rings. The highest BCUT2D eigenvalue weighted by Crippen LogP contribution is 2.42. The number of benzene rings is 9. The summed E-state index contributed by atoms with van der Waals surface area (Å²) in [6.45, 7) is 1.99. The van der Waals surface area contributed by atoms with Crippen molar-refractivity contribution in [1.29, 1.82) is 0 Å². The molecule has 0 spiro atoms. The monoisotopic (exact) mass is 741 g/mol. The molecule has 9 aromatic carbocycles. The molecule has 0 atom stereocenters. The lowest BCUT2D eigenvalue weighted by atomic mass is 9.94. The van der Waals surface area contributed by atoms with E-state index in [9.17, 15) is 0 Å². The quantitative estimate of drug-likeness (QED) is 0.126. The number of fused-ring (bicyclic) bond motifs is 10. The maximum atomic E-state index is 6.13. The minimum absolute atomic E-state index is 0.550. The summed E-state index contributed by atoms with van der Waals surface area (Å²) in [5.41, 5.74) is 11.2. The molecule has 0 aliphatic rings. The van der Waals surface area contributed by atoms with Gasteiger partial charge in [-0.1, -0.05) is 121 Å².